The Hall–Kier alpha value is -3.85. The molecular formula is C29H36N4O5. The van der Waals surface area contributed by atoms with E-state index in [0.717, 1.165) is 29.6 Å². The second-order valence-electron chi connectivity index (χ2n) is 9.39. The molecule has 0 N–H and O–H groups in total. The molecule has 0 saturated carbocycles. The zero-order chi connectivity index (χ0) is 27.1. The van der Waals surface area contributed by atoms with Crippen LogP contribution in [-0.4, -0.2) is 93.8 Å². The molecule has 202 valence electrons. The van der Waals surface area contributed by atoms with E-state index in [9.17, 15) is 9.59 Å². The highest BCUT2D eigenvalue weighted by Gasteiger charge is 2.30. The van der Waals surface area contributed by atoms with Gasteiger partial charge in [0.25, 0.3) is 5.91 Å². The zero-order valence-corrected chi connectivity index (χ0v) is 22.6. The maximum Gasteiger partial charge on any atom is 0.345 e. The minimum atomic E-state index is -0.458. The lowest BCUT2D eigenvalue weighted by Gasteiger charge is -2.37. The van der Waals surface area contributed by atoms with Gasteiger partial charge in [0.1, 0.15) is 11.3 Å². The second-order valence-corrected chi connectivity index (χ2v) is 9.39. The van der Waals surface area contributed by atoms with Crippen LogP contribution in [0.2, 0.25) is 0 Å². The van der Waals surface area contributed by atoms with Gasteiger partial charge >= 0.3 is 5.97 Å². The summed E-state index contributed by atoms with van der Waals surface area (Å²) in [6.07, 6.45) is 0.797. The Balaban J connectivity index is 1.62. The van der Waals surface area contributed by atoms with Crippen LogP contribution in [0.4, 0.5) is 5.69 Å². The average Bonchev–Trinajstić information content (AvgIpc) is 2.94. The number of hydrogen-bond acceptors (Lipinski definition) is 8. The summed E-state index contributed by atoms with van der Waals surface area (Å²) in [6, 6.07) is 14.9. The first-order chi connectivity index (χ1) is 18.4. The van der Waals surface area contributed by atoms with Gasteiger partial charge in [-0.15, -0.1) is 0 Å². The fourth-order valence-corrected chi connectivity index (χ4v) is 4.59. The van der Waals surface area contributed by atoms with Gasteiger partial charge in [0.2, 0.25) is 5.88 Å². The Kier molecular flexibility index (Phi) is 9.02. The summed E-state index contributed by atoms with van der Waals surface area (Å²) in [7, 11) is 5.62. The third-order valence-corrected chi connectivity index (χ3v) is 6.52. The highest BCUT2D eigenvalue weighted by atomic mass is 16.5. The Morgan fingerprint density at radius 2 is 1.71 bits per heavy atom. The summed E-state index contributed by atoms with van der Waals surface area (Å²) < 4.78 is 16.8. The van der Waals surface area contributed by atoms with Crippen LogP contribution in [0.15, 0.2) is 48.5 Å². The maximum atomic E-state index is 13.3. The number of esters is 1. The highest BCUT2D eigenvalue weighted by molar-refractivity contribution is 6.07. The third kappa shape index (κ3) is 6.16. The predicted molar refractivity (Wildman–Crippen MR) is 147 cm³/mol. The number of nitrogens with zero attached hydrogens (tertiary/aromatic N) is 4. The van der Waals surface area contributed by atoms with Crippen LogP contribution in [-0.2, 0) is 4.74 Å². The number of piperazine rings is 1. The number of aromatic nitrogens is 1. The van der Waals surface area contributed by atoms with E-state index in [-0.39, 0.29) is 18.4 Å². The number of carbonyl (C=O) groups is 2. The van der Waals surface area contributed by atoms with E-state index >= 15 is 0 Å². The molecular weight excluding hydrogens is 484 g/mol. The van der Waals surface area contributed by atoms with Crippen molar-refractivity contribution >= 4 is 28.5 Å². The summed E-state index contributed by atoms with van der Waals surface area (Å²) in [5.74, 6) is 0.511. The molecule has 38 heavy (non-hydrogen) atoms. The van der Waals surface area contributed by atoms with Crippen LogP contribution in [0.25, 0.3) is 10.9 Å². The molecule has 1 saturated heterocycles. The molecule has 0 radical (unpaired) electrons. The van der Waals surface area contributed by atoms with Crippen molar-refractivity contribution in [3.05, 3.63) is 59.7 Å². The number of benzene rings is 2. The number of anilines is 1. The van der Waals surface area contributed by atoms with Crippen molar-refractivity contribution in [2.45, 2.75) is 13.3 Å². The lowest BCUT2D eigenvalue weighted by molar-refractivity contribution is 0.0520. The lowest BCUT2D eigenvalue weighted by atomic mass is 10.1. The molecule has 0 spiro atoms. The molecule has 1 aromatic heterocycles. The van der Waals surface area contributed by atoms with Crippen molar-refractivity contribution in [2.75, 3.05) is 72.0 Å². The minimum absolute atomic E-state index is 0.0255. The number of methoxy groups -OCH3 is 1. The molecule has 1 aliphatic heterocycles. The van der Waals surface area contributed by atoms with Crippen LogP contribution < -0.4 is 14.4 Å². The summed E-state index contributed by atoms with van der Waals surface area (Å²) in [5.41, 5.74) is 2.45. The molecule has 4 rings (SSSR count). The van der Waals surface area contributed by atoms with Gasteiger partial charge in [0, 0.05) is 43.7 Å². The summed E-state index contributed by atoms with van der Waals surface area (Å²) in [5, 5.41) is 0.853. The van der Waals surface area contributed by atoms with Crippen molar-refractivity contribution in [3.63, 3.8) is 0 Å². The third-order valence-electron chi connectivity index (χ3n) is 6.52. The standard InChI is InChI=1S/C29H36N4O5/c1-5-37-29(35)25-26(23-9-6-7-10-24(23)30-27(25)38-20-8-15-31(2)3)32-16-18-33(19-17-32)28(34)21-11-13-22(36-4)14-12-21/h6-7,9-14H,5,8,15-20H2,1-4H3. The topological polar surface area (TPSA) is 84.4 Å². The SMILES string of the molecule is CCOC(=O)c1c(OCCCN(C)C)nc2ccccc2c1N1CCN(C(=O)c2ccc(OC)cc2)CC1. The number of fused-ring (bicyclic) bond motifs is 1. The Labute approximate surface area is 223 Å². The first-order valence-electron chi connectivity index (χ1n) is 13.0. The number of pyridine rings is 1. The molecule has 3 aromatic rings. The number of ether oxygens (including phenoxy) is 3. The van der Waals surface area contributed by atoms with Crippen LogP contribution >= 0.6 is 0 Å². The van der Waals surface area contributed by atoms with E-state index in [4.69, 9.17) is 19.2 Å². The van der Waals surface area contributed by atoms with Gasteiger partial charge in [-0.25, -0.2) is 9.78 Å². The number of amides is 1. The molecule has 1 aliphatic rings. The van der Waals surface area contributed by atoms with Gasteiger partial charge in [0.05, 0.1) is 31.5 Å². The van der Waals surface area contributed by atoms with Crippen molar-refractivity contribution in [3.8, 4) is 11.6 Å². The fourth-order valence-electron chi connectivity index (χ4n) is 4.59. The molecule has 0 bridgehead atoms. The van der Waals surface area contributed by atoms with E-state index in [2.05, 4.69) is 9.80 Å². The zero-order valence-electron chi connectivity index (χ0n) is 22.6. The Bertz CT molecular complexity index is 1250. The molecule has 1 amide bonds. The molecule has 0 unspecified atom stereocenters. The fraction of sp³-hybridized carbons (Fsp3) is 0.414. The monoisotopic (exact) mass is 520 g/mol. The van der Waals surface area contributed by atoms with Crippen molar-refractivity contribution in [2.24, 2.45) is 0 Å². The quantitative estimate of drug-likeness (QED) is 0.296. The highest BCUT2D eigenvalue weighted by Crippen LogP contribution is 2.37. The van der Waals surface area contributed by atoms with E-state index in [1.807, 2.05) is 43.3 Å². The molecule has 2 aromatic carbocycles. The van der Waals surface area contributed by atoms with E-state index in [1.165, 1.54) is 0 Å². The van der Waals surface area contributed by atoms with Crippen LogP contribution in [0.1, 0.15) is 34.1 Å². The van der Waals surface area contributed by atoms with Crippen LogP contribution in [0.3, 0.4) is 0 Å². The summed E-state index contributed by atoms with van der Waals surface area (Å²) in [4.78, 5) is 37.2. The predicted octanol–water partition coefficient (Wildman–Crippen LogP) is 3.71. The van der Waals surface area contributed by atoms with Gasteiger partial charge < -0.3 is 28.9 Å². The van der Waals surface area contributed by atoms with Crippen molar-refractivity contribution in [1.82, 2.24) is 14.8 Å². The smallest absolute Gasteiger partial charge is 0.345 e. The first-order valence-corrected chi connectivity index (χ1v) is 13.0. The molecule has 1 fully saturated rings. The molecule has 9 heteroatoms. The van der Waals surface area contributed by atoms with Gasteiger partial charge in [-0.2, -0.15) is 0 Å². The van der Waals surface area contributed by atoms with E-state index in [1.54, 1.807) is 38.3 Å². The second kappa shape index (κ2) is 12.6. The summed E-state index contributed by atoms with van der Waals surface area (Å²) in [6.45, 7) is 5.47. The number of para-hydroxylation sites is 1. The normalized spacial score (nSPS) is 13.6. The first kappa shape index (κ1) is 27.2. The molecule has 0 atom stereocenters. The van der Waals surface area contributed by atoms with Crippen LogP contribution in [0.5, 0.6) is 11.6 Å². The van der Waals surface area contributed by atoms with Crippen molar-refractivity contribution < 1.29 is 23.8 Å². The molecule has 0 aliphatic carbocycles. The van der Waals surface area contributed by atoms with Gasteiger partial charge in [-0.05, 0) is 57.8 Å². The number of hydrogen-bond donors (Lipinski definition) is 0. The number of rotatable bonds is 10. The Morgan fingerprint density at radius 1 is 1.00 bits per heavy atom. The largest absolute Gasteiger partial charge is 0.497 e. The van der Waals surface area contributed by atoms with Crippen LogP contribution in [0, 0.1) is 0 Å². The van der Waals surface area contributed by atoms with Gasteiger partial charge in [-0.1, -0.05) is 18.2 Å². The van der Waals surface area contributed by atoms with Crippen molar-refractivity contribution in [1.29, 1.82) is 0 Å². The average molecular weight is 521 g/mol. The maximum absolute atomic E-state index is 13.3. The molecule has 9 nitrogen and oxygen atoms in total. The minimum Gasteiger partial charge on any atom is -0.497 e. The lowest BCUT2D eigenvalue weighted by Crippen LogP contribution is -2.49. The molecule has 2 heterocycles. The van der Waals surface area contributed by atoms with E-state index in [0.29, 0.717) is 49.7 Å². The summed E-state index contributed by atoms with van der Waals surface area (Å²) >= 11 is 0. The number of carbonyl (C=O) groups excluding carboxylic acids is 2. The van der Waals surface area contributed by atoms with Gasteiger partial charge in [-0.3, -0.25) is 4.79 Å². The van der Waals surface area contributed by atoms with E-state index < -0.39 is 5.97 Å². The Morgan fingerprint density at radius 3 is 2.37 bits per heavy atom. The van der Waals surface area contributed by atoms with Gasteiger partial charge in [0.15, 0.2) is 0 Å².